The van der Waals surface area contributed by atoms with E-state index in [0.29, 0.717) is 37.3 Å². The van der Waals surface area contributed by atoms with Crippen molar-refractivity contribution in [2.24, 2.45) is 0 Å². The maximum absolute atomic E-state index is 13.1. The van der Waals surface area contributed by atoms with Gasteiger partial charge in [-0.1, -0.05) is 6.07 Å². The van der Waals surface area contributed by atoms with Crippen LogP contribution in [0.2, 0.25) is 0 Å². The SMILES string of the molecule is CS(=O)(=O)N1CCCc2cc(C(=O)N(CCC#N)Cc3cccnc3)ccc21. The molecule has 1 aliphatic rings. The Hall–Kier alpha value is -2.92. The summed E-state index contributed by atoms with van der Waals surface area (Å²) in [4.78, 5) is 18.8. The van der Waals surface area contributed by atoms with Crippen LogP contribution in [0.15, 0.2) is 42.7 Å². The third kappa shape index (κ3) is 4.49. The van der Waals surface area contributed by atoms with Crippen molar-refractivity contribution in [3.63, 3.8) is 0 Å². The lowest BCUT2D eigenvalue weighted by molar-refractivity contribution is 0.0746. The number of sulfonamides is 1. The molecule has 3 rings (SSSR count). The summed E-state index contributed by atoms with van der Waals surface area (Å²) >= 11 is 0. The Labute approximate surface area is 165 Å². The average Bonchev–Trinajstić information content (AvgIpc) is 2.69. The third-order valence-electron chi connectivity index (χ3n) is 4.68. The van der Waals surface area contributed by atoms with E-state index in [1.807, 2.05) is 6.07 Å². The lowest BCUT2D eigenvalue weighted by Gasteiger charge is -2.30. The van der Waals surface area contributed by atoms with E-state index in [4.69, 9.17) is 5.26 Å². The Morgan fingerprint density at radius 3 is 2.86 bits per heavy atom. The Bertz CT molecular complexity index is 1000. The number of nitriles is 1. The molecule has 0 saturated heterocycles. The van der Waals surface area contributed by atoms with Crippen LogP contribution in [0, 0.1) is 11.3 Å². The van der Waals surface area contributed by atoms with Gasteiger partial charge in [-0.25, -0.2) is 8.42 Å². The number of fused-ring (bicyclic) bond motifs is 1. The van der Waals surface area contributed by atoms with Crippen molar-refractivity contribution in [1.29, 1.82) is 5.26 Å². The Morgan fingerprint density at radius 2 is 2.18 bits per heavy atom. The van der Waals surface area contributed by atoms with Gasteiger partial charge in [0.1, 0.15) is 0 Å². The number of aromatic nitrogens is 1. The maximum Gasteiger partial charge on any atom is 0.254 e. The highest BCUT2D eigenvalue weighted by Crippen LogP contribution is 2.30. The minimum Gasteiger partial charge on any atom is -0.333 e. The van der Waals surface area contributed by atoms with Crippen molar-refractivity contribution in [1.82, 2.24) is 9.88 Å². The Kier molecular flexibility index (Phi) is 5.95. The van der Waals surface area contributed by atoms with Gasteiger partial charge in [0.05, 0.1) is 24.4 Å². The molecule has 0 spiro atoms. The standard InChI is InChI=1S/C20H22N4O3S/c1-28(26,27)24-12-3-6-17-13-18(7-8-19(17)24)20(25)23(11-4-9-21)15-16-5-2-10-22-14-16/h2,5,7-8,10,13-14H,3-4,6,11-12,15H2,1H3. The topological polar surface area (TPSA) is 94.4 Å². The zero-order valence-electron chi connectivity index (χ0n) is 15.7. The molecule has 0 unspecified atom stereocenters. The summed E-state index contributed by atoms with van der Waals surface area (Å²) in [6.07, 6.45) is 6.23. The molecule has 7 nitrogen and oxygen atoms in total. The van der Waals surface area contributed by atoms with E-state index in [1.54, 1.807) is 41.6 Å². The number of anilines is 1. The van der Waals surface area contributed by atoms with Gasteiger partial charge in [0.2, 0.25) is 10.0 Å². The number of rotatable bonds is 6. The molecular weight excluding hydrogens is 376 g/mol. The van der Waals surface area contributed by atoms with Gasteiger partial charge in [0.25, 0.3) is 5.91 Å². The van der Waals surface area contributed by atoms with Crippen molar-refractivity contribution in [2.45, 2.75) is 25.8 Å². The van der Waals surface area contributed by atoms with Crippen LogP contribution < -0.4 is 4.31 Å². The first-order chi connectivity index (χ1) is 13.4. The molecule has 0 aliphatic carbocycles. The highest BCUT2D eigenvalue weighted by atomic mass is 32.2. The second-order valence-corrected chi connectivity index (χ2v) is 8.69. The number of hydrogen-bond donors (Lipinski definition) is 0. The molecule has 0 atom stereocenters. The van der Waals surface area contributed by atoms with E-state index < -0.39 is 10.0 Å². The van der Waals surface area contributed by atoms with Crippen molar-refractivity contribution in [3.05, 3.63) is 59.4 Å². The summed E-state index contributed by atoms with van der Waals surface area (Å²) < 4.78 is 25.4. The minimum absolute atomic E-state index is 0.182. The van der Waals surface area contributed by atoms with Gasteiger partial charge in [-0.3, -0.25) is 14.1 Å². The predicted octanol–water partition coefficient (Wildman–Crippen LogP) is 2.35. The fourth-order valence-electron chi connectivity index (χ4n) is 3.37. The largest absolute Gasteiger partial charge is 0.333 e. The minimum atomic E-state index is -3.35. The molecule has 28 heavy (non-hydrogen) atoms. The fraction of sp³-hybridized carbons (Fsp3) is 0.350. The maximum atomic E-state index is 13.1. The summed E-state index contributed by atoms with van der Waals surface area (Å²) in [7, 11) is -3.35. The molecule has 0 saturated carbocycles. The number of hydrogen-bond acceptors (Lipinski definition) is 5. The van der Waals surface area contributed by atoms with Crippen LogP contribution in [0.4, 0.5) is 5.69 Å². The molecule has 0 bridgehead atoms. The number of amides is 1. The number of carbonyl (C=O) groups is 1. The van der Waals surface area contributed by atoms with Crippen molar-refractivity contribution in [2.75, 3.05) is 23.7 Å². The molecule has 146 valence electrons. The zero-order chi connectivity index (χ0) is 20.1. The molecule has 1 amide bonds. The third-order valence-corrected chi connectivity index (χ3v) is 5.86. The Balaban J connectivity index is 1.88. The van der Waals surface area contributed by atoms with Crippen LogP contribution >= 0.6 is 0 Å². The molecular formula is C20H22N4O3S. The highest BCUT2D eigenvalue weighted by Gasteiger charge is 2.25. The van der Waals surface area contributed by atoms with Crippen molar-refractivity contribution >= 4 is 21.6 Å². The van der Waals surface area contributed by atoms with E-state index >= 15 is 0 Å². The van der Waals surface area contributed by atoms with Crippen LogP contribution in [0.25, 0.3) is 0 Å². The number of benzene rings is 1. The lowest BCUT2D eigenvalue weighted by atomic mass is 10.00. The smallest absolute Gasteiger partial charge is 0.254 e. The molecule has 0 N–H and O–H groups in total. The summed E-state index contributed by atoms with van der Waals surface area (Å²) in [5, 5.41) is 8.93. The van der Waals surface area contributed by atoms with Crippen LogP contribution in [-0.4, -0.2) is 43.6 Å². The van der Waals surface area contributed by atoms with Crippen LogP contribution in [0.3, 0.4) is 0 Å². The van der Waals surface area contributed by atoms with Crippen LogP contribution in [-0.2, 0) is 23.0 Å². The molecule has 2 heterocycles. The predicted molar refractivity (Wildman–Crippen MR) is 106 cm³/mol. The Morgan fingerprint density at radius 1 is 1.36 bits per heavy atom. The number of nitrogens with zero attached hydrogens (tertiary/aromatic N) is 4. The molecule has 0 fully saturated rings. The van der Waals surface area contributed by atoms with Crippen LogP contribution in [0.5, 0.6) is 0 Å². The monoisotopic (exact) mass is 398 g/mol. The van der Waals surface area contributed by atoms with E-state index in [-0.39, 0.29) is 12.3 Å². The first-order valence-corrected chi connectivity index (χ1v) is 10.9. The second-order valence-electron chi connectivity index (χ2n) is 6.78. The molecule has 1 aromatic carbocycles. The summed E-state index contributed by atoms with van der Waals surface area (Å²) in [6.45, 7) is 1.13. The quantitative estimate of drug-likeness (QED) is 0.744. The van der Waals surface area contributed by atoms with Gasteiger partial charge in [-0.15, -0.1) is 0 Å². The van der Waals surface area contributed by atoms with E-state index in [2.05, 4.69) is 11.1 Å². The lowest BCUT2D eigenvalue weighted by Crippen LogP contribution is -2.35. The molecule has 2 aromatic rings. The van der Waals surface area contributed by atoms with Crippen molar-refractivity contribution in [3.8, 4) is 6.07 Å². The number of pyridine rings is 1. The van der Waals surface area contributed by atoms with Gasteiger partial charge in [0, 0.05) is 37.6 Å². The van der Waals surface area contributed by atoms with E-state index in [9.17, 15) is 13.2 Å². The number of carbonyl (C=O) groups excluding carboxylic acids is 1. The zero-order valence-corrected chi connectivity index (χ0v) is 16.5. The van der Waals surface area contributed by atoms with Gasteiger partial charge >= 0.3 is 0 Å². The molecule has 1 aromatic heterocycles. The van der Waals surface area contributed by atoms with E-state index in [1.165, 1.54) is 10.6 Å². The highest BCUT2D eigenvalue weighted by molar-refractivity contribution is 7.92. The van der Waals surface area contributed by atoms with Gasteiger partial charge in [-0.05, 0) is 48.2 Å². The van der Waals surface area contributed by atoms with Gasteiger partial charge < -0.3 is 4.90 Å². The summed E-state index contributed by atoms with van der Waals surface area (Å²) in [5.74, 6) is -0.182. The molecule has 8 heteroatoms. The summed E-state index contributed by atoms with van der Waals surface area (Å²) in [5.41, 5.74) is 2.87. The van der Waals surface area contributed by atoms with Crippen LogP contribution in [0.1, 0.15) is 34.3 Å². The first kappa shape index (κ1) is 19.8. The van der Waals surface area contributed by atoms with E-state index in [0.717, 1.165) is 17.5 Å². The van der Waals surface area contributed by atoms with Gasteiger partial charge in [0.15, 0.2) is 0 Å². The molecule has 1 aliphatic heterocycles. The van der Waals surface area contributed by atoms with Gasteiger partial charge in [-0.2, -0.15) is 5.26 Å². The first-order valence-electron chi connectivity index (χ1n) is 9.06. The van der Waals surface area contributed by atoms with Crippen molar-refractivity contribution < 1.29 is 13.2 Å². The normalized spacial score (nSPS) is 13.5. The summed E-state index contributed by atoms with van der Waals surface area (Å²) in [6, 6.07) is 10.9. The average molecular weight is 398 g/mol. The second kappa shape index (κ2) is 8.40. The molecule has 0 radical (unpaired) electrons. The number of aryl methyl sites for hydroxylation is 1. The fourth-order valence-corrected chi connectivity index (χ4v) is 4.37.